The van der Waals surface area contributed by atoms with Crippen LogP contribution in [0.5, 0.6) is 11.5 Å². The third-order valence-corrected chi connectivity index (χ3v) is 8.89. The Balaban J connectivity index is 2.19. The molecule has 1 saturated heterocycles. The molecule has 9 nitrogen and oxygen atoms in total. The number of hydrogen-bond acceptors (Lipinski definition) is 7. The second-order valence-corrected chi connectivity index (χ2v) is 22.4. The molecule has 1 aliphatic heterocycles. The van der Waals surface area contributed by atoms with Crippen molar-refractivity contribution in [2.24, 2.45) is 0 Å². The zero-order valence-corrected chi connectivity index (χ0v) is 23.7. The molecular weight excluding hydrogens is 486 g/mol. The van der Waals surface area contributed by atoms with Gasteiger partial charge in [-0.2, -0.15) is 0 Å². The summed E-state index contributed by atoms with van der Waals surface area (Å²) in [6.45, 7) is 14.2. The first kappa shape index (κ1) is 29.0. The van der Waals surface area contributed by atoms with Gasteiger partial charge in [-0.05, 0) is 24.2 Å². The van der Waals surface area contributed by atoms with Gasteiger partial charge >= 0.3 is 5.97 Å². The van der Waals surface area contributed by atoms with E-state index in [-0.39, 0.29) is 49.4 Å². The molecule has 1 aliphatic rings. The highest BCUT2D eigenvalue weighted by atomic mass is 28.3. The number of rotatable bonds is 14. The number of carbonyl (C=O) groups is 3. The van der Waals surface area contributed by atoms with Crippen LogP contribution in [0.25, 0.3) is 0 Å². The van der Waals surface area contributed by atoms with Crippen LogP contribution in [0.15, 0.2) is 18.2 Å². The van der Waals surface area contributed by atoms with Crippen LogP contribution in [0, 0.1) is 0 Å². The van der Waals surface area contributed by atoms with Crippen LogP contribution in [0.4, 0.5) is 0 Å². The van der Waals surface area contributed by atoms with E-state index in [0.29, 0.717) is 13.2 Å². The van der Waals surface area contributed by atoms with Crippen molar-refractivity contribution >= 4 is 33.8 Å². The standard InChI is InChI=1S/C24H39NO8Si2/c1-34(2,3)12-10-30-16-32-20-8-7-9-21(33-17-31-11-13-35(4,5)6)22(20)23(27)25-15-18(26)14-19(25)24(28)29/h7-9,19H,10-17H2,1-6H3,(H,28,29). The zero-order valence-electron chi connectivity index (χ0n) is 21.7. The van der Waals surface area contributed by atoms with Crippen LogP contribution in [0.1, 0.15) is 16.8 Å². The Morgan fingerprint density at radius 2 is 1.43 bits per heavy atom. The van der Waals surface area contributed by atoms with E-state index in [2.05, 4.69) is 39.3 Å². The number of likely N-dealkylation sites (tertiary alicyclic amines) is 1. The molecule has 0 aliphatic carbocycles. The van der Waals surface area contributed by atoms with Crippen LogP contribution in [0.3, 0.4) is 0 Å². The maximum atomic E-state index is 13.5. The van der Waals surface area contributed by atoms with Crippen molar-refractivity contribution in [1.29, 1.82) is 0 Å². The number of Topliss-reactive ketones (excluding diaryl/α,β-unsaturated/α-hetero) is 1. The molecule has 2 rings (SSSR count). The summed E-state index contributed by atoms with van der Waals surface area (Å²) in [5.74, 6) is -1.78. The smallest absolute Gasteiger partial charge is 0.326 e. The van der Waals surface area contributed by atoms with Gasteiger partial charge in [0.1, 0.15) is 23.1 Å². The molecular formula is C24H39NO8Si2. The van der Waals surface area contributed by atoms with Gasteiger partial charge in [-0.1, -0.05) is 45.3 Å². The van der Waals surface area contributed by atoms with Crippen molar-refractivity contribution in [1.82, 2.24) is 4.90 Å². The lowest BCUT2D eigenvalue weighted by Crippen LogP contribution is -2.40. The Labute approximate surface area is 209 Å². The first-order valence-corrected chi connectivity index (χ1v) is 19.3. The molecule has 0 radical (unpaired) electrons. The third-order valence-electron chi connectivity index (χ3n) is 5.48. The lowest BCUT2D eigenvalue weighted by atomic mass is 10.1. The first-order chi connectivity index (χ1) is 16.3. The maximum absolute atomic E-state index is 13.5. The topological polar surface area (TPSA) is 112 Å². The Morgan fingerprint density at radius 3 is 1.86 bits per heavy atom. The molecule has 1 aromatic carbocycles. The highest BCUT2D eigenvalue weighted by molar-refractivity contribution is 6.76. The Bertz CT molecular complexity index is 852. The molecule has 0 saturated carbocycles. The van der Waals surface area contributed by atoms with Gasteiger partial charge in [0, 0.05) is 35.8 Å². The number of carboxylic acids is 1. The molecule has 1 amide bonds. The summed E-state index contributed by atoms with van der Waals surface area (Å²) < 4.78 is 22.8. The van der Waals surface area contributed by atoms with Crippen LogP contribution < -0.4 is 9.47 Å². The van der Waals surface area contributed by atoms with E-state index in [1.54, 1.807) is 18.2 Å². The minimum absolute atomic E-state index is 0.0519. The minimum atomic E-state index is -1.26. The zero-order chi connectivity index (χ0) is 26.2. The summed E-state index contributed by atoms with van der Waals surface area (Å²) in [7, 11) is -2.52. The molecule has 0 spiro atoms. The SMILES string of the molecule is C[Si](C)(C)CCOCOc1cccc(OCOCC[Si](C)(C)C)c1C(=O)N1CC(=O)CC1C(=O)O. The number of hydrogen-bond donors (Lipinski definition) is 1. The third kappa shape index (κ3) is 9.75. The van der Waals surface area contributed by atoms with Crippen LogP contribution in [-0.4, -0.2) is 83.2 Å². The number of carboxylic acid groups (broad SMARTS) is 1. The fraction of sp³-hybridized carbons (Fsp3) is 0.625. The molecule has 11 heteroatoms. The molecule has 1 heterocycles. The molecule has 35 heavy (non-hydrogen) atoms. The van der Waals surface area contributed by atoms with Gasteiger partial charge in [-0.15, -0.1) is 0 Å². The summed E-state index contributed by atoms with van der Waals surface area (Å²) in [5, 5.41) is 9.53. The molecule has 1 N–H and O–H groups in total. The van der Waals surface area contributed by atoms with E-state index in [4.69, 9.17) is 18.9 Å². The second kappa shape index (κ2) is 12.7. The minimum Gasteiger partial charge on any atom is -0.480 e. The Kier molecular flexibility index (Phi) is 10.5. The van der Waals surface area contributed by atoms with Gasteiger partial charge in [0.15, 0.2) is 19.4 Å². The number of nitrogens with zero attached hydrogens (tertiary/aromatic N) is 1. The second-order valence-electron chi connectivity index (χ2n) is 11.1. The average molecular weight is 526 g/mol. The highest BCUT2D eigenvalue weighted by Gasteiger charge is 2.41. The fourth-order valence-electron chi connectivity index (χ4n) is 3.32. The molecule has 1 fully saturated rings. The first-order valence-electron chi connectivity index (χ1n) is 11.9. The van der Waals surface area contributed by atoms with Crippen molar-refractivity contribution in [3.63, 3.8) is 0 Å². The Hall–Kier alpha value is -2.22. The molecule has 1 aromatic rings. The molecule has 1 unspecified atom stereocenters. The quantitative estimate of drug-likeness (QED) is 0.221. The van der Waals surface area contributed by atoms with Crippen LogP contribution >= 0.6 is 0 Å². The van der Waals surface area contributed by atoms with Gasteiger partial charge in [0.05, 0.1) is 6.54 Å². The summed E-state index contributed by atoms with van der Waals surface area (Å²) in [4.78, 5) is 38.2. The van der Waals surface area contributed by atoms with E-state index >= 15 is 0 Å². The van der Waals surface area contributed by atoms with Crippen molar-refractivity contribution in [2.45, 2.75) is 63.8 Å². The summed E-state index contributed by atoms with van der Waals surface area (Å²) in [5.41, 5.74) is 0.0519. The largest absolute Gasteiger partial charge is 0.480 e. The predicted molar refractivity (Wildman–Crippen MR) is 138 cm³/mol. The molecule has 0 aromatic heterocycles. The van der Waals surface area contributed by atoms with E-state index in [1.807, 2.05) is 0 Å². The van der Waals surface area contributed by atoms with Crippen molar-refractivity contribution in [2.75, 3.05) is 33.3 Å². The van der Waals surface area contributed by atoms with Gasteiger partial charge in [0.2, 0.25) is 0 Å². The molecule has 0 bridgehead atoms. The lowest BCUT2D eigenvalue weighted by molar-refractivity contribution is -0.141. The normalized spacial score (nSPS) is 16.5. The van der Waals surface area contributed by atoms with Gasteiger partial charge in [-0.3, -0.25) is 9.59 Å². The fourth-order valence-corrected chi connectivity index (χ4v) is 4.83. The van der Waals surface area contributed by atoms with E-state index in [1.165, 1.54) is 0 Å². The monoisotopic (exact) mass is 525 g/mol. The average Bonchev–Trinajstić information content (AvgIpc) is 3.13. The molecule has 1 atom stereocenters. The van der Waals surface area contributed by atoms with Gasteiger partial charge in [0.25, 0.3) is 5.91 Å². The lowest BCUT2D eigenvalue weighted by Gasteiger charge is -2.23. The van der Waals surface area contributed by atoms with Crippen molar-refractivity contribution in [3.05, 3.63) is 23.8 Å². The highest BCUT2D eigenvalue weighted by Crippen LogP contribution is 2.32. The summed E-state index contributed by atoms with van der Waals surface area (Å²) in [6.07, 6.45) is -0.222. The van der Waals surface area contributed by atoms with Crippen molar-refractivity contribution in [3.8, 4) is 11.5 Å². The number of ketones is 1. The number of aliphatic carboxylic acids is 1. The van der Waals surface area contributed by atoms with Gasteiger partial charge < -0.3 is 29.0 Å². The predicted octanol–water partition coefficient (Wildman–Crippen LogP) is 3.94. The number of carbonyl (C=O) groups excluding carboxylic acids is 2. The molecule has 196 valence electrons. The number of amides is 1. The van der Waals surface area contributed by atoms with Crippen LogP contribution in [0.2, 0.25) is 51.4 Å². The number of ether oxygens (including phenoxy) is 4. The number of benzene rings is 1. The van der Waals surface area contributed by atoms with E-state index in [0.717, 1.165) is 17.0 Å². The summed E-state index contributed by atoms with van der Waals surface area (Å²) >= 11 is 0. The van der Waals surface area contributed by atoms with E-state index < -0.39 is 34.1 Å². The van der Waals surface area contributed by atoms with Crippen molar-refractivity contribution < 1.29 is 38.4 Å². The van der Waals surface area contributed by atoms with Gasteiger partial charge in [-0.25, -0.2) is 4.79 Å². The summed E-state index contributed by atoms with van der Waals surface area (Å²) in [6, 6.07) is 5.59. The maximum Gasteiger partial charge on any atom is 0.326 e. The Morgan fingerprint density at radius 1 is 0.943 bits per heavy atom. The van der Waals surface area contributed by atoms with E-state index in [9.17, 15) is 19.5 Å². The van der Waals surface area contributed by atoms with Crippen LogP contribution in [-0.2, 0) is 19.1 Å².